The molecule has 0 saturated heterocycles. The number of benzene rings is 3. The molecule has 33 heavy (non-hydrogen) atoms. The van der Waals surface area contributed by atoms with Crippen molar-refractivity contribution in [3.05, 3.63) is 100 Å². The standard InChI is InChI=1S/C27H25FN2O3/c1-4-33-22-7-5-6-21(15-22)29-25-24(23-13-8-17(2)14-18(23)3)26(31)30(27(25)32)16-19-9-11-20(28)12-10-19/h5-15,29H,4,16H2,1-3H3. The van der Waals surface area contributed by atoms with Crippen molar-refractivity contribution in [3.8, 4) is 5.75 Å². The van der Waals surface area contributed by atoms with Crippen LogP contribution in [0, 0.1) is 19.7 Å². The first kappa shape index (κ1) is 22.3. The quantitative estimate of drug-likeness (QED) is 0.507. The van der Waals surface area contributed by atoms with Crippen LogP contribution in [-0.2, 0) is 16.1 Å². The first-order chi connectivity index (χ1) is 15.9. The highest BCUT2D eigenvalue weighted by atomic mass is 19.1. The molecule has 0 atom stereocenters. The number of anilines is 1. The molecule has 4 rings (SSSR count). The number of aryl methyl sites for hydroxylation is 2. The minimum Gasteiger partial charge on any atom is -0.494 e. The van der Waals surface area contributed by atoms with Crippen molar-refractivity contribution in [3.63, 3.8) is 0 Å². The molecular formula is C27H25FN2O3. The van der Waals surface area contributed by atoms with Crippen molar-refractivity contribution < 1.29 is 18.7 Å². The van der Waals surface area contributed by atoms with Gasteiger partial charge in [-0.1, -0.05) is 42.0 Å². The molecule has 0 aliphatic carbocycles. The van der Waals surface area contributed by atoms with E-state index in [0.717, 1.165) is 11.1 Å². The van der Waals surface area contributed by atoms with Gasteiger partial charge in [0.05, 0.1) is 18.7 Å². The monoisotopic (exact) mass is 444 g/mol. The Hall–Kier alpha value is -3.93. The summed E-state index contributed by atoms with van der Waals surface area (Å²) in [5, 5.41) is 3.16. The van der Waals surface area contributed by atoms with E-state index in [9.17, 15) is 14.0 Å². The summed E-state index contributed by atoms with van der Waals surface area (Å²) in [6.07, 6.45) is 0. The summed E-state index contributed by atoms with van der Waals surface area (Å²) in [7, 11) is 0. The number of halogens is 1. The van der Waals surface area contributed by atoms with Crippen LogP contribution in [0.1, 0.15) is 29.2 Å². The molecule has 0 spiro atoms. The molecule has 3 aromatic rings. The molecule has 0 saturated carbocycles. The smallest absolute Gasteiger partial charge is 0.278 e. The Bertz CT molecular complexity index is 1250. The summed E-state index contributed by atoms with van der Waals surface area (Å²) >= 11 is 0. The van der Waals surface area contributed by atoms with E-state index >= 15 is 0 Å². The Balaban J connectivity index is 1.75. The number of hydrogen-bond acceptors (Lipinski definition) is 4. The van der Waals surface area contributed by atoms with E-state index in [4.69, 9.17) is 4.74 Å². The minimum absolute atomic E-state index is 0.0521. The van der Waals surface area contributed by atoms with Crippen molar-refractivity contribution in [2.24, 2.45) is 0 Å². The van der Waals surface area contributed by atoms with Gasteiger partial charge in [0.25, 0.3) is 11.8 Å². The Morgan fingerprint density at radius 2 is 1.70 bits per heavy atom. The zero-order valence-electron chi connectivity index (χ0n) is 18.8. The second kappa shape index (κ2) is 9.28. The predicted octanol–water partition coefficient (Wildman–Crippen LogP) is 5.23. The van der Waals surface area contributed by atoms with Gasteiger partial charge in [0.2, 0.25) is 0 Å². The van der Waals surface area contributed by atoms with Crippen LogP contribution in [0.3, 0.4) is 0 Å². The largest absolute Gasteiger partial charge is 0.494 e. The first-order valence-corrected chi connectivity index (χ1v) is 10.8. The average molecular weight is 445 g/mol. The molecule has 0 aromatic heterocycles. The lowest BCUT2D eigenvalue weighted by Crippen LogP contribution is -2.32. The lowest BCUT2D eigenvalue weighted by molar-refractivity contribution is -0.137. The minimum atomic E-state index is -0.430. The van der Waals surface area contributed by atoms with Crippen LogP contribution < -0.4 is 10.1 Å². The topological polar surface area (TPSA) is 58.6 Å². The van der Waals surface area contributed by atoms with Crippen molar-refractivity contribution >= 4 is 23.1 Å². The molecule has 3 aromatic carbocycles. The highest BCUT2D eigenvalue weighted by Gasteiger charge is 2.39. The van der Waals surface area contributed by atoms with Crippen LogP contribution >= 0.6 is 0 Å². The number of carbonyl (C=O) groups excluding carboxylic acids is 2. The van der Waals surface area contributed by atoms with Gasteiger partial charge in [0.15, 0.2) is 0 Å². The molecule has 0 fully saturated rings. The molecule has 1 heterocycles. The van der Waals surface area contributed by atoms with Crippen LogP contribution in [0.5, 0.6) is 5.75 Å². The fourth-order valence-electron chi connectivity index (χ4n) is 3.93. The molecule has 168 valence electrons. The third-order valence-corrected chi connectivity index (χ3v) is 5.49. The SMILES string of the molecule is CCOc1cccc(NC2=C(c3ccc(C)cc3C)C(=O)N(Cc3ccc(F)cc3)C2=O)c1. The second-order valence-corrected chi connectivity index (χ2v) is 7.98. The molecule has 1 aliphatic rings. The maximum Gasteiger partial charge on any atom is 0.278 e. The van der Waals surface area contributed by atoms with Gasteiger partial charge in [0, 0.05) is 11.8 Å². The maximum absolute atomic E-state index is 13.5. The van der Waals surface area contributed by atoms with Crippen LogP contribution in [0.4, 0.5) is 10.1 Å². The van der Waals surface area contributed by atoms with Crippen molar-refractivity contribution in [1.82, 2.24) is 4.90 Å². The summed E-state index contributed by atoms with van der Waals surface area (Å²) in [6.45, 7) is 6.36. The van der Waals surface area contributed by atoms with E-state index in [1.54, 1.807) is 18.2 Å². The van der Waals surface area contributed by atoms with Gasteiger partial charge in [-0.25, -0.2) is 4.39 Å². The van der Waals surface area contributed by atoms with Crippen LogP contribution in [0.2, 0.25) is 0 Å². The van der Waals surface area contributed by atoms with E-state index in [1.807, 2.05) is 57.2 Å². The molecule has 0 unspecified atom stereocenters. The van der Waals surface area contributed by atoms with Gasteiger partial charge in [-0.3, -0.25) is 14.5 Å². The molecule has 5 nitrogen and oxygen atoms in total. The predicted molar refractivity (Wildman–Crippen MR) is 126 cm³/mol. The van der Waals surface area contributed by atoms with Crippen molar-refractivity contribution in [1.29, 1.82) is 0 Å². The molecule has 1 aliphatic heterocycles. The number of nitrogens with one attached hydrogen (secondary N) is 1. The highest BCUT2D eigenvalue weighted by Crippen LogP contribution is 2.34. The Labute approximate surface area is 192 Å². The summed E-state index contributed by atoms with van der Waals surface area (Å²) in [6, 6.07) is 18.8. The third kappa shape index (κ3) is 4.65. The summed E-state index contributed by atoms with van der Waals surface area (Å²) < 4.78 is 18.9. The van der Waals surface area contributed by atoms with Crippen LogP contribution in [-0.4, -0.2) is 23.3 Å². The van der Waals surface area contributed by atoms with Crippen LogP contribution in [0.25, 0.3) is 5.57 Å². The number of nitrogens with zero attached hydrogens (tertiary/aromatic N) is 1. The fraction of sp³-hybridized carbons (Fsp3) is 0.185. The number of imide groups is 1. The van der Waals surface area contributed by atoms with Gasteiger partial charge in [0.1, 0.15) is 17.3 Å². The lowest BCUT2D eigenvalue weighted by atomic mass is 9.97. The maximum atomic E-state index is 13.5. The van der Waals surface area contributed by atoms with Gasteiger partial charge in [-0.15, -0.1) is 0 Å². The lowest BCUT2D eigenvalue weighted by Gasteiger charge is -2.16. The summed E-state index contributed by atoms with van der Waals surface area (Å²) in [5.74, 6) is -0.527. The number of hydrogen-bond donors (Lipinski definition) is 1. The summed E-state index contributed by atoms with van der Waals surface area (Å²) in [5.41, 5.74) is 4.50. The zero-order valence-corrected chi connectivity index (χ0v) is 18.8. The summed E-state index contributed by atoms with van der Waals surface area (Å²) in [4.78, 5) is 28.1. The van der Waals surface area contributed by atoms with E-state index in [0.29, 0.717) is 34.7 Å². The Morgan fingerprint density at radius 3 is 2.39 bits per heavy atom. The number of amides is 2. The first-order valence-electron chi connectivity index (χ1n) is 10.8. The van der Waals surface area contributed by atoms with Crippen molar-refractivity contribution in [2.75, 3.05) is 11.9 Å². The van der Waals surface area contributed by atoms with E-state index < -0.39 is 5.91 Å². The number of carbonyl (C=O) groups is 2. The number of ether oxygens (including phenoxy) is 1. The van der Waals surface area contributed by atoms with Gasteiger partial charge in [-0.2, -0.15) is 0 Å². The third-order valence-electron chi connectivity index (χ3n) is 5.49. The normalized spacial score (nSPS) is 13.6. The molecule has 6 heteroatoms. The molecule has 1 N–H and O–H groups in total. The average Bonchev–Trinajstić information content (AvgIpc) is 3.00. The van der Waals surface area contributed by atoms with Gasteiger partial charge >= 0.3 is 0 Å². The van der Waals surface area contributed by atoms with E-state index in [1.165, 1.54) is 17.0 Å². The Kier molecular flexibility index (Phi) is 6.27. The molecular weight excluding hydrogens is 419 g/mol. The van der Waals surface area contributed by atoms with E-state index in [2.05, 4.69) is 5.32 Å². The second-order valence-electron chi connectivity index (χ2n) is 7.98. The van der Waals surface area contributed by atoms with E-state index in [-0.39, 0.29) is 24.0 Å². The van der Waals surface area contributed by atoms with Crippen LogP contribution in [0.15, 0.2) is 72.4 Å². The molecule has 0 bridgehead atoms. The molecule has 0 radical (unpaired) electrons. The zero-order chi connectivity index (χ0) is 23.5. The van der Waals surface area contributed by atoms with Gasteiger partial charge < -0.3 is 10.1 Å². The highest BCUT2D eigenvalue weighted by molar-refractivity contribution is 6.36. The van der Waals surface area contributed by atoms with Crippen molar-refractivity contribution in [2.45, 2.75) is 27.3 Å². The van der Waals surface area contributed by atoms with Gasteiger partial charge in [-0.05, 0) is 61.7 Å². The number of rotatable bonds is 7. The molecule has 2 amide bonds. The Morgan fingerprint density at radius 1 is 0.939 bits per heavy atom. The fourth-order valence-corrected chi connectivity index (χ4v) is 3.93.